The Labute approximate surface area is 83.6 Å². The Balaban J connectivity index is 2.11. The third-order valence-electron chi connectivity index (χ3n) is 1.88. The van der Waals surface area contributed by atoms with E-state index >= 15 is 0 Å². The van der Waals surface area contributed by atoms with Gasteiger partial charge in [-0.15, -0.1) is 0 Å². The summed E-state index contributed by atoms with van der Waals surface area (Å²) in [4.78, 5) is 11.2. The van der Waals surface area contributed by atoms with E-state index in [9.17, 15) is 4.79 Å². The summed E-state index contributed by atoms with van der Waals surface area (Å²) in [6, 6.07) is 0.322. The zero-order chi connectivity index (χ0) is 9.52. The second-order valence-electron chi connectivity index (χ2n) is 3.15. The van der Waals surface area contributed by atoms with Crippen LogP contribution in [0.25, 0.3) is 0 Å². The number of rotatable bonds is 4. The lowest BCUT2D eigenvalue weighted by atomic mass is 10.2. The predicted octanol–water partition coefficient (Wildman–Crippen LogP) is 1.03. The van der Waals surface area contributed by atoms with Gasteiger partial charge in [0, 0.05) is 24.1 Å². The van der Waals surface area contributed by atoms with Crippen LogP contribution >= 0.6 is 11.8 Å². The van der Waals surface area contributed by atoms with E-state index < -0.39 is 0 Å². The molecule has 1 atom stereocenters. The zero-order valence-corrected chi connectivity index (χ0v) is 8.86. The molecule has 0 bridgehead atoms. The van der Waals surface area contributed by atoms with Crippen molar-refractivity contribution < 1.29 is 9.53 Å². The third kappa shape index (κ3) is 4.52. The lowest BCUT2D eigenvalue weighted by Crippen LogP contribution is -2.39. The van der Waals surface area contributed by atoms with Crippen LogP contribution in [0.1, 0.15) is 19.8 Å². The standard InChI is InChI=1S/C9H17NO2S/c1-2-4-12-9(11)6-8-7-13-5-3-10-8/h8,10H,2-7H2,1H3. The number of carbonyl (C=O) groups is 1. The Morgan fingerprint density at radius 1 is 1.69 bits per heavy atom. The summed E-state index contributed by atoms with van der Waals surface area (Å²) in [5.74, 6) is 2.11. The quantitative estimate of drug-likeness (QED) is 0.693. The van der Waals surface area contributed by atoms with Gasteiger partial charge in [0.2, 0.25) is 0 Å². The van der Waals surface area contributed by atoms with Crippen molar-refractivity contribution in [2.75, 3.05) is 24.7 Å². The molecular weight excluding hydrogens is 186 g/mol. The summed E-state index contributed by atoms with van der Waals surface area (Å²) in [6.07, 6.45) is 1.42. The van der Waals surface area contributed by atoms with Gasteiger partial charge in [0.1, 0.15) is 0 Å². The fourth-order valence-electron chi connectivity index (χ4n) is 1.23. The number of ether oxygens (including phenoxy) is 1. The van der Waals surface area contributed by atoms with Crippen LogP contribution in [0.2, 0.25) is 0 Å². The SMILES string of the molecule is CCCOC(=O)CC1CSCCN1. The van der Waals surface area contributed by atoms with Crippen molar-refractivity contribution >= 4 is 17.7 Å². The number of hydrogen-bond acceptors (Lipinski definition) is 4. The first-order valence-corrected chi connectivity index (χ1v) is 5.95. The molecule has 1 unspecified atom stereocenters. The lowest BCUT2D eigenvalue weighted by molar-refractivity contribution is -0.144. The maximum absolute atomic E-state index is 11.2. The van der Waals surface area contributed by atoms with E-state index in [-0.39, 0.29) is 5.97 Å². The highest BCUT2D eigenvalue weighted by Gasteiger charge is 2.16. The molecule has 0 radical (unpaired) electrons. The first-order valence-electron chi connectivity index (χ1n) is 4.79. The van der Waals surface area contributed by atoms with Gasteiger partial charge in [0.25, 0.3) is 0 Å². The number of hydrogen-bond donors (Lipinski definition) is 1. The van der Waals surface area contributed by atoms with E-state index in [2.05, 4.69) is 5.32 Å². The molecule has 76 valence electrons. The van der Waals surface area contributed by atoms with Gasteiger partial charge >= 0.3 is 5.97 Å². The van der Waals surface area contributed by atoms with Gasteiger partial charge in [-0.2, -0.15) is 11.8 Å². The van der Waals surface area contributed by atoms with Crippen molar-refractivity contribution in [1.82, 2.24) is 5.32 Å². The topological polar surface area (TPSA) is 38.3 Å². The summed E-state index contributed by atoms with van der Waals surface area (Å²) in [6.45, 7) is 3.57. The molecular formula is C9H17NO2S. The molecule has 0 saturated carbocycles. The number of thioether (sulfide) groups is 1. The van der Waals surface area contributed by atoms with E-state index in [0.717, 1.165) is 24.5 Å². The molecule has 4 heteroatoms. The molecule has 3 nitrogen and oxygen atoms in total. The van der Waals surface area contributed by atoms with Crippen LogP contribution in [0.3, 0.4) is 0 Å². The van der Waals surface area contributed by atoms with Gasteiger partial charge in [-0.3, -0.25) is 4.79 Å². The average Bonchev–Trinajstić information content (AvgIpc) is 2.16. The van der Waals surface area contributed by atoms with E-state index in [1.165, 1.54) is 0 Å². The highest BCUT2D eigenvalue weighted by atomic mass is 32.2. The molecule has 1 rings (SSSR count). The molecule has 0 amide bonds. The Bertz CT molecular complexity index is 158. The molecule has 1 heterocycles. The number of carbonyl (C=O) groups excluding carboxylic acids is 1. The van der Waals surface area contributed by atoms with Crippen LogP contribution in [-0.2, 0) is 9.53 Å². The monoisotopic (exact) mass is 203 g/mol. The second-order valence-corrected chi connectivity index (χ2v) is 4.30. The van der Waals surface area contributed by atoms with Crippen molar-refractivity contribution in [3.8, 4) is 0 Å². The first-order chi connectivity index (χ1) is 6.33. The van der Waals surface area contributed by atoms with Gasteiger partial charge in [0.05, 0.1) is 13.0 Å². The molecule has 0 aromatic carbocycles. The molecule has 1 fully saturated rings. The normalized spacial score (nSPS) is 22.7. The van der Waals surface area contributed by atoms with Crippen LogP contribution < -0.4 is 5.32 Å². The highest BCUT2D eigenvalue weighted by molar-refractivity contribution is 7.99. The molecule has 0 aromatic rings. The van der Waals surface area contributed by atoms with Crippen molar-refractivity contribution in [2.45, 2.75) is 25.8 Å². The van der Waals surface area contributed by atoms with Crippen LogP contribution in [0, 0.1) is 0 Å². The minimum absolute atomic E-state index is 0.0677. The minimum atomic E-state index is -0.0677. The van der Waals surface area contributed by atoms with Gasteiger partial charge < -0.3 is 10.1 Å². The van der Waals surface area contributed by atoms with Crippen LogP contribution in [0.4, 0.5) is 0 Å². The average molecular weight is 203 g/mol. The van der Waals surface area contributed by atoms with Crippen molar-refractivity contribution in [3.05, 3.63) is 0 Å². The Kier molecular flexibility index (Phi) is 5.23. The fraction of sp³-hybridized carbons (Fsp3) is 0.889. The van der Waals surface area contributed by atoms with E-state index in [1.54, 1.807) is 0 Å². The predicted molar refractivity (Wildman–Crippen MR) is 55.0 cm³/mol. The lowest BCUT2D eigenvalue weighted by Gasteiger charge is -2.21. The molecule has 1 aliphatic rings. The Hall–Kier alpha value is -0.220. The Morgan fingerprint density at radius 2 is 2.54 bits per heavy atom. The minimum Gasteiger partial charge on any atom is -0.466 e. The third-order valence-corrected chi connectivity index (χ3v) is 3.01. The van der Waals surface area contributed by atoms with Crippen LogP contribution in [0.5, 0.6) is 0 Å². The zero-order valence-electron chi connectivity index (χ0n) is 8.04. The van der Waals surface area contributed by atoms with E-state index in [4.69, 9.17) is 4.74 Å². The maximum Gasteiger partial charge on any atom is 0.307 e. The summed E-state index contributed by atoms with van der Waals surface area (Å²) in [7, 11) is 0. The van der Waals surface area contributed by atoms with Crippen molar-refractivity contribution in [3.63, 3.8) is 0 Å². The van der Waals surface area contributed by atoms with Crippen LogP contribution in [0.15, 0.2) is 0 Å². The second kappa shape index (κ2) is 6.27. The van der Waals surface area contributed by atoms with Crippen molar-refractivity contribution in [1.29, 1.82) is 0 Å². The maximum atomic E-state index is 11.2. The molecule has 1 N–H and O–H groups in total. The van der Waals surface area contributed by atoms with Crippen molar-refractivity contribution in [2.24, 2.45) is 0 Å². The summed E-state index contributed by atoms with van der Waals surface area (Å²) in [5, 5.41) is 3.30. The molecule has 1 saturated heterocycles. The van der Waals surface area contributed by atoms with Gasteiger partial charge in [-0.25, -0.2) is 0 Å². The summed E-state index contributed by atoms with van der Waals surface area (Å²) in [5.41, 5.74) is 0. The largest absolute Gasteiger partial charge is 0.466 e. The molecule has 0 aliphatic carbocycles. The number of nitrogens with one attached hydrogen (secondary N) is 1. The van der Waals surface area contributed by atoms with Gasteiger partial charge in [-0.1, -0.05) is 6.92 Å². The van der Waals surface area contributed by atoms with Gasteiger partial charge in [-0.05, 0) is 6.42 Å². The first kappa shape index (κ1) is 10.9. The van der Waals surface area contributed by atoms with E-state index in [0.29, 0.717) is 19.1 Å². The van der Waals surface area contributed by atoms with Crippen LogP contribution in [-0.4, -0.2) is 36.7 Å². The Morgan fingerprint density at radius 3 is 3.15 bits per heavy atom. The molecule has 0 spiro atoms. The molecule has 1 aliphatic heterocycles. The summed E-state index contributed by atoms with van der Waals surface area (Å²) < 4.78 is 5.01. The smallest absolute Gasteiger partial charge is 0.307 e. The fourth-order valence-corrected chi connectivity index (χ4v) is 2.18. The summed E-state index contributed by atoms with van der Waals surface area (Å²) >= 11 is 1.90. The number of esters is 1. The van der Waals surface area contributed by atoms with E-state index in [1.807, 2.05) is 18.7 Å². The molecule has 0 aromatic heterocycles. The van der Waals surface area contributed by atoms with Gasteiger partial charge in [0.15, 0.2) is 0 Å². The molecule has 13 heavy (non-hydrogen) atoms. The highest BCUT2D eigenvalue weighted by Crippen LogP contribution is 2.10.